The SMILES string of the molecule is FB(F)COC1CCCC1.[F-].[K+]. The van der Waals surface area contributed by atoms with Gasteiger partial charge < -0.3 is 9.44 Å². The van der Waals surface area contributed by atoms with E-state index in [2.05, 4.69) is 0 Å². The molecule has 0 atom stereocenters. The smallest absolute Gasteiger partial charge is 1.00 e. The Hall–Kier alpha value is 1.45. The number of halogens is 3. The van der Waals surface area contributed by atoms with Crippen LogP contribution in [-0.4, -0.2) is 19.9 Å². The monoisotopic (exact) mass is 206 g/mol. The summed E-state index contributed by atoms with van der Waals surface area (Å²) in [5.74, 6) is 0. The van der Waals surface area contributed by atoms with Gasteiger partial charge in [-0.05, 0) is 12.8 Å². The molecule has 0 aliphatic heterocycles. The van der Waals surface area contributed by atoms with Gasteiger partial charge in [0, 0.05) is 0 Å². The fourth-order valence-corrected chi connectivity index (χ4v) is 1.26. The standard InChI is InChI=1S/C6H11BF2O.FH.K/c8-7(9)5-10-6-3-1-2-4-6;;/h6H,1-5H2;1H;/q;;+1/p-1. The normalized spacial score (nSPS) is 16.5. The molecule has 0 N–H and O–H groups in total. The molecule has 1 saturated carbocycles. The predicted molar refractivity (Wildman–Crippen MR) is 36.2 cm³/mol. The molecule has 1 aliphatic rings. The molecule has 1 aliphatic carbocycles. The maximum absolute atomic E-state index is 11.6. The van der Waals surface area contributed by atoms with Gasteiger partial charge in [-0.15, -0.1) is 0 Å². The van der Waals surface area contributed by atoms with Crippen LogP contribution in [0.2, 0.25) is 0 Å². The Balaban J connectivity index is 0. The van der Waals surface area contributed by atoms with E-state index in [0.717, 1.165) is 25.7 Å². The van der Waals surface area contributed by atoms with Crippen LogP contribution in [0.1, 0.15) is 25.7 Å². The van der Waals surface area contributed by atoms with Gasteiger partial charge in [0.2, 0.25) is 0 Å². The summed E-state index contributed by atoms with van der Waals surface area (Å²) < 4.78 is 28.0. The molecule has 0 amide bonds. The quantitative estimate of drug-likeness (QED) is 0.427. The summed E-state index contributed by atoms with van der Waals surface area (Å²) in [6.45, 7) is -0.384. The van der Waals surface area contributed by atoms with E-state index in [1.165, 1.54) is 0 Å². The molecule has 0 aromatic heterocycles. The van der Waals surface area contributed by atoms with Crippen LogP contribution in [0.3, 0.4) is 0 Å². The van der Waals surface area contributed by atoms with Crippen LogP contribution < -0.4 is 56.1 Å². The zero-order valence-electron chi connectivity index (χ0n) is 7.23. The second-order valence-corrected chi connectivity index (χ2v) is 2.63. The summed E-state index contributed by atoms with van der Waals surface area (Å²) in [7, 11) is -2.31. The van der Waals surface area contributed by atoms with Crippen LogP contribution in [0.4, 0.5) is 8.63 Å². The van der Waals surface area contributed by atoms with Crippen molar-refractivity contribution >= 4 is 7.27 Å². The van der Waals surface area contributed by atoms with Crippen molar-refractivity contribution in [3.05, 3.63) is 0 Å². The first kappa shape index (κ1) is 15.9. The van der Waals surface area contributed by atoms with Gasteiger partial charge in [-0.25, -0.2) is 0 Å². The van der Waals surface area contributed by atoms with Gasteiger partial charge >= 0.3 is 58.7 Å². The number of ether oxygens (including phenoxy) is 1. The van der Waals surface area contributed by atoms with Crippen molar-refractivity contribution in [1.82, 2.24) is 0 Å². The molecule has 1 rings (SSSR count). The number of hydrogen-bond donors (Lipinski definition) is 0. The third kappa shape index (κ3) is 6.91. The van der Waals surface area contributed by atoms with Crippen LogP contribution in [0, 0.1) is 0 Å². The van der Waals surface area contributed by atoms with Gasteiger partial charge in [0.05, 0.1) is 12.6 Å². The van der Waals surface area contributed by atoms with E-state index in [1.807, 2.05) is 0 Å². The van der Waals surface area contributed by atoms with Crippen LogP contribution in [-0.2, 0) is 4.74 Å². The molecule has 6 heteroatoms. The van der Waals surface area contributed by atoms with E-state index < -0.39 is 7.27 Å². The minimum Gasteiger partial charge on any atom is -1.00 e. The van der Waals surface area contributed by atoms with Crippen molar-refractivity contribution in [3.63, 3.8) is 0 Å². The average Bonchev–Trinajstić information content (AvgIpc) is 2.34. The van der Waals surface area contributed by atoms with Crippen molar-refractivity contribution in [2.45, 2.75) is 31.8 Å². The second kappa shape index (κ2) is 9.02. The van der Waals surface area contributed by atoms with Crippen LogP contribution in [0.5, 0.6) is 0 Å². The van der Waals surface area contributed by atoms with Gasteiger partial charge in [-0.2, -0.15) is 0 Å². The molecule has 1 nitrogen and oxygen atoms in total. The molecule has 0 aromatic rings. The van der Waals surface area contributed by atoms with Crippen molar-refractivity contribution in [2.75, 3.05) is 6.51 Å². The summed E-state index contributed by atoms with van der Waals surface area (Å²) in [4.78, 5) is 0. The molecule has 66 valence electrons. The van der Waals surface area contributed by atoms with Crippen molar-refractivity contribution in [2.24, 2.45) is 0 Å². The van der Waals surface area contributed by atoms with Crippen molar-refractivity contribution in [1.29, 1.82) is 0 Å². The third-order valence-corrected chi connectivity index (χ3v) is 1.76. The average molecular weight is 206 g/mol. The Morgan fingerprint density at radius 3 is 2.17 bits per heavy atom. The molecule has 0 saturated heterocycles. The van der Waals surface area contributed by atoms with Crippen LogP contribution in [0.15, 0.2) is 0 Å². The molecule has 0 bridgehead atoms. The summed E-state index contributed by atoms with van der Waals surface area (Å²) in [6.07, 6.45) is 4.32. The molecular weight excluding hydrogens is 195 g/mol. The Morgan fingerprint density at radius 2 is 1.75 bits per heavy atom. The van der Waals surface area contributed by atoms with Gasteiger partial charge in [-0.1, -0.05) is 12.8 Å². The van der Waals surface area contributed by atoms with E-state index in [4.69, 9.17) is 4.74 Å². The van der Waals surface area contributed by atoms with Gasteiger partial charge in [-0.3, -0.25) is 8.63 Å². The van der Waals surface area contributed by atoms with E-state index in [0.29, 0.717) is 0 Å². The fourth-order valence-electron chi connectivity index (χ4n) is 1.26. The maximum atomic E-state index is 11.6. The first-order chi connectivity index (χ1) is 4.79. The number of hydrogen-bond acceptors (Lipinski definition) is 1. The Labute approximate surface area is 114 Å². The third-order valence-electron chi connectivity index (χ3n) is 1.76. The van der Waals surface area contributed by atoms with E-state index in [1.54, 1.807) is 0 Å². The summed E-state index contributed by atoms with van der Waals surface area (Å²) in [5.41, 5.74) is 0. The summed E-state index contributed by atoms with van der Waals surface area (Å²) in [6, 6.07) is 0. The molecule has 0 radical (unpaired) electrons. The van der Waals surface area contributed by atoms with E-state index >= 15 is 0 Å². The molecule has 12 heavy (non-hydrogen) atoms. The molecule has 0 aromatic carbocycles. The minimum atomic E-state index is -2.31. The fraction of sp³-hybridized carbons (Fsp3) is 1.00. The molecule has 0 heterocycles. The molecule has 0 spiro atoms. The van der Waals surface area contributed by atoms with Crippen molar-refractivity contribution < 1.29 is 69.5 Å². The van der Waals surface area contributed by atoms with E-state index in [-0.39, 0.29) is 68.7 Å². The number of rotatable bonds is 3. The maximum Gasteiger partial charge on any atom is 1.00 e. The summed E-state index contributed by atoms with van der Waals surface area (Å²) >= 11 is 0. The minimum absolute atomic E-state index is 0. The predicted octanol–water partition coefficient (Wildman–Crippen LogP) is -4.08. The van der Waals surface area contributed by atoms with Gasteiger partial charge in [0.1, 0.15) is 0 Å². The Bertz CT molecular complexity index is 101. The zero-order valence-corrected chi connectivity index (χ0v) is 10.4. The summed E-state index contributed by atoms with van der Waals surface area (Å²) in [5, 5.41) is 0. The van der Waals surface area contributed by atoms with E-state index in [9.17, 15) is 8.63 Å². The molecule has 1 fully saturated rings. The van der Waals surface area contributed by atoms with Crippen LogP contribution in [0.25, 0.3) is 0 Å². The largest absolute Gasteiger partial charge is 1.00 e. The zero-order chi connectivity index (χ0) is 7.40. The van der Waals surface area contributed by atoms with Crippen molar-refractivity contribution in [3.8, 4) is 0 Å². The van der Waals surface area contributed by atoms with Crippen LogP contribution >= 0.6 is 0 Å². The Morgan fingerprint density at radius 1 is 1.25 bits per heavy atom. The van der Waals surface area contributed by atoms with Gasteiger partial charge in [0.15, 0.2) is 0 Å². The first-order valence-corrected chi connectivity index (χ1v) is 3.69. The van der Waals surface area contributed by atoms with Gasteiger partial charge in [0.25, 0.3) is 0 Å². The molecule has 0 unspecified atom stereocenters. The first-order valence-electron chi connectivity index (χ1n) is 3.69. The topological polar surface area (TPSA) is 9.23 Å². The molecular formula is C6H11BF3KO. The second-order valence-electron chi connectivity index (χ2n) is 2.63. The Kier molecular flexibility index (Phi) is 12.0.